The zero-order valence-electron chi connectivity index (χ0n) is 21.5. The van der Waals surface area contributed by atoms with E-state index >= 15 is 0 Å². The molecule has 0 fully saturated rings. The van der Waals surface area contributed by atoms with Crippen molar-refractivity contribution in [1.82, 2.24) is 0 Å². The van der Waals surface area contributed by atoms with E-state index in [9.17, 15) is 0 Å². The van der Waals surface area contributed by atoms with Crippen molar-refractivity contribution >= 4 is 9.04 Å². The van der Waals surface area contributed by atoms with Gasteiger partial charge in [0.15, 0.2) is 9.04 Å². The average Bonchev–Trinajstić information content (AvgIpc) is 2.75. The van der Waals surface area contributed by atoms with Gasteiger partial charge in [-0.05, 0) is 18.5 Å². The minimum absolute atomic E-state index is 0.710. The Bertz CT molecular complexity index is 235. The van der Waals surface area contributed by atoms with Crippen LogP contribution in [-0.2, 0) is 4.43 Å². The van der Waals surface area contributed by atoms with Crippen molar-refractivity contribution in [2.75, 3.05) is 6.61 Å². The second kappa shape index (κ2) is 30.4. The van der Waals surface area contributed by atoms with Crippen molar-refractivity contribution in [1.29, 1.82) is 0 Å². The molecule has 0 saturated heterocycles. The van der Waals surface area contributed by atoms with Crippen LogP contribution >= 0.6 is 0 Å². The van der Waals surface area contributed by atoms with E-state index in [0.29, 0.717) is 0 Å². The lowest BCUT2D eigenvalue weighted by molar-refractivity contribution is 0.319. The molecule has 2 heteroatoms. The molecule has 0 radical (unpaired) electrons. The summed E-state index contributed by atoms with van der Waals surface area (Å²) in [4.78, 5) is 0. The molecule has 0 aliphatic rings. The number of hydrogen-bond donors (Lipinski definition) is 0. The van der Waals surface area contributed by atoms with Crippen LogP contribution in [0.2, 0.25) is 12.1 Å². The summed E-state index contributed by atoms with van der Waals surface area (Å²) in [6, 6.07) is 2.58. The zero-order valence-corrected chi connectivity index (χ0v) is 22.7. The van der Waals surface area contributed by atoms with Crippen molar-refractivity contribution < 1.29 is 4.43 Å². The van der Waals surface area contributed by atoms with Gasteiger partial charge >= 0.3 is 0 Å². The lowest BCUT2D eigenvalue weighted by atomic mass is 10.0. The van der Waals surface area contributed by atoms with Crippen molar-refractivity contribution in [3.8, 4) is 0 Å². The highest BCUT2D eigenvalue weighted by atomic mass is 28.3. The molecule has 0 N–H and O–H groups in total. The topological polar surface area (TPSA) is 9.23 Å². The standard InChI is InChI=1S/C20H42.C7H18OSi/c1-3-5-7-9-11-13-15-17-19-20-18-16-14-12-10-8-6-4-2;1-4-7-8-9(5-2)6-3/h3-20H2,1-2H3;9H,4-7H2,1-3H3. The molecule has 0 rings (SSSR count). The molecule has 0 aliphatic heterocycles. The normalized spacial score (nSPS) is 11.0. The number of rotatable bonds is 22. The Hall–Kier alpha value is 0.177. The summed E-state index contributed by atoms with van der Waals surface area (Å²) in [5.41, 5.74) is 0. The molecule has 0 atom stereocenters. The van der Waals surface area contributed by atoms with E-state index in [0.717, 1.165) is 6.61 Å². The van der Waals surface area contributed by atoms with Gasteiger partial charge in [-0.25, -0.2) is 0 Å². The van der Waals surface area contributed by atoms with Gasteiger partial charge in [0, 0.05) is 6.61 Å². The predicted octanol–water partition coefficient (Wildman–Crippen LogP) is 10.2. The van der Waals surface area contributed by atoms with Gasteiger partial charge in [-0.1, -0.05) is 150 Å². The average molecular weight is 429 g/mol. The second-order valence-corrected chi connectivity index (χ2v) is 12.2. The smallest absolute Gasteiger partial charge is 0.176 e. The van der Waals surface area contributed by atoms with Crippen LogP contribution in [0.5, 0.6) is 0 Å². The van der Waals surface area contributed by atoms with Crippen molar-refractivity contribution in [3.05, 3.63) is 0 Å². The fourth-order valence-corrected chi connectivity index (χ4v) is 5.40. The molecule has 0 aromatic carbocycles. The van der Waals surface area contributed by atoms with Crippen LogP contribution in [0.15, 0.2) is 0 Å². The minimum atomic E-state index is -0.710. The van der Waals surface area contributed by atoms with Gasteiger partial charge in [0.25, 0.3) is 0 Å². The summed E-state index contributed by atoms with van der Waals surface area (Å²) < 4.78 is 5.63. The molecule has 178 valence electrons. The Labute approximate surface area is 188 Å². The Balaban J connectivity index is 0. The maximum atomic E-state index is 5.63. The number of hydrogen-bond acceptors (Lipinski definition) is 1. The van der Waals surface area contributed by atoms with Crippen LogP contribution in [0.3, 0.4) is 0 Å². The molecular formula is C27H60OSi. The van der Waals surface area contributed by atoms with Crippen LogP contribution in [0, 0.1) is 0 Å². The highest BCUT2D eigenvalue weighted by Crippen LogP contribution is 2.14. The summed E-state index contributed by atoms with van der Waals surface area (Å²) in [5.74, 6) is 0. The highest BCUT2D eigenvalue weighted by molar-refractivity contribution is 6.51. The minimum Gasteiger partial charge on any atom is -0.420 e. The highest BCUT2D eigenvalue weighted by Gasteiger charge is 2.03. The van der Waals surface area contributed by atoms with Gasteiger partial charge in [-0.2, -0.15) is 0 Å². The van der Waals surface area contributed by atoms with Crippen molar-refractivity contribution in [2.24, 2.45) is 0 Å². The quantitative estimate of drug-likeness (QED) is 0.123. The van der Waals surface area contributed by atoms with Gasteiger partial charge in [0.05, 0.1) is 0 Å². The largest absolute Gasteiger partial charge is 0.420 e. The molecule has 0 heterocycles. The lowest BCUT2D eigenvalue weighted by Gasteiger charge is -2.10. The Morgan fingerprint density at radius 3 is 0.862 bits per heavy atom. The molecule has 0 unspecified atom stereocenters. The zero-order chi connectivity index (χ0) is 21.8. The van der Waals surface area contributed by atoms with Crippen molar-refractivity contribution in [3.63, 3.8) is 0 Å². The number of unbranched alkanes of at least 4 members (excludes halogenated alkanes) is 17. The van der Waals surface area contributed by atoms with Gasteiger partial charge < -0.3 is 4.43 Å². The second-order valence-electron chi connectivity index (χ2n) is 8.97. The first-order valence-electron chi connectivity index (χ1n) is 13.9. The van der Waals surface area contributed by atoms with Crippen LogP contribution < -0.4 is 0 Å². The molecule has 0 amide bonds. The van der Waals surface area contributed by atoms with E-state index in [4.69, 9.17) is 4.43 Å². The van der Waals surface area contributed by atoms with Gasteiger partial charge in [0.1, 0.15) is 0 Å². The van der Waals surface area contributed by atoms with Crippen LogP contribution in [0.1, 0.15) is 157 Å². The molecule has 29 heavy (non-hydrogen) atoms. The fourth-order valence-electron chi connectivity index (χ4n) is 3.78. The fraction of sp³-hybridized carbons (Fsp3) is 1.00. The summed E-state index contributed by atoms with van der Waals surface area (Å²) in [7, 11) is -0.710. The van der Waals surface area contributed by atoms with Crippen LogP contribution in [0.4, 0.5) is 0 Å². The molecule has 0 saturated carbocycles. The van der Waals surface area contributed by atoms with E-state index in [-0.39, 0.29) is 0 Å². The molecule has 0 aromatic heterocycles. The monoisotopic (exact) mass is 428 g/mol. The maximum absolute atomic E-state index is 5.63. The first-order valence-corrected chi connectivity index (χ1v) is 16.0. The summed E-state index contributed by atoms with van der Waals surface area (Å²) in [6.45, 7) is 12.2. The van der Waals surface area contributed by atoms with E-state index in [1.807, 2.05) is 0 Å². The molecule has 0 aliphatic carbocycles. The van der Waals surface area contributed by atoms with Gasteiger partial charge in [0.2, 0.25) is 0 Å². The summed E-state index contributed by atoms with van der Waals surface area (Å²) in [6.07, 6.45) is 27.6. The van der Waals surface area contributed by atoms with Gasteiger partial charge in [-0.3, -0.25) is 0 Å². The maximum Gasteiger partial charge on any atom is 0.176 e. The third-order valence-electron chi connectivity index (χ3n) is 5.93. The SMILES string of the molecule is CCCCCCCCCCCCCCCCCCCC.CCCO[SiH](CC)CC. The Kier molecular flexibility index (Phi) is 32.8. The Morgan fingerprint density at radius 1 is 0.379 bits per heavy atom. The van der Waals surface area contributed by atoms with Crippen molar-refractivity contribution in [2.45, 2.75) is 169 Å². The van der Waals surface area contributed by atoms with E-state index < -0.39 is 9.04 Å². The molecule has 1 nitrogen and oxygen atoms in total. The molecular weight excluding hydrogens is 368 g/mol. The Morgan fingerprint density at radius 2 is 0.655 bits per heavy atom. The summed E-state index contributed by atoms with van der Waals surface area (Å²) in [5, 5.41) is 0. The molecule has 0 bridgehead atoms. The first-order chi connectivity index (χ1) is 14.3. The lowest BCUT2D eigenvalue weighted by Crippen LogP contribution is -2.15. The predicted molar refractivity (Wildman–Crippen MR) is 139 cm³/mol. The molecule has 0 aromatic rings. The summed E-state index contributed by atoms with van der Waals surface area (Å²) >= 11 is 0. The van der Waals surface area contributed by atoms with Crippen LogP contribution in [-0.4, -0.2) is 15.6 Å². The molecule has 0 spiro atoms. The van der Waals surface area contributed by atoms with Crippen LogP contribution in [0.25, 0.3) is 0 Å². The van der Waals surface area contributed by atoms with E-state index in [1.165, 1.54) is 134 Å². The third-order valence-corrected chi connectivity index (χ3v) is 8.45. The van der Waals surface area contributed by atoms with Gasteiger partial charge in [-0.15, -0.1) is 0 Å². The third kappa shape index (κ3) is 30.5. The van der Waals surface area contributed by atoms with E-state index in [2.05, 4.69) is 34.6 Å². The van der Waals surface area contributed by atoms with E-state index in [1.54, 1.807) is 0 Å². The first kappa shape index (κ1) is 31.4.